The number of nitrogens with zero attached hydrogens (tertiary/aromatic N) is 12. The highest BCUT2D eigenvalue weighted by Crippen LogP contribution is 2.28. The third-order valence-electron chi connectivity index (χ3n) is 24.0. The van der Waals surface area contributed by atoms with Crippen molar-refractivity contribution in [3.63, 3.8) is 0 Å². The molecule has 0 spiro atoms. The highest BCUT2D eigenvalue weighted by atomic mass is 19.1. The van der Waals surface area contributed by atoms with E-state index in [2.05, 4.69) is 201 Å². The number of aromatic carboxylic acids is 6. The summed E-state index contributed by atoms with van der Waals surface area (Å²) < 4.78 is 27.5. The molecule has 0 saturated carbocycles. The third-order valence-corrected chi connectivity index (χ3v) is 24.0. The van der Waals surface area contributed by atoms with Crippen LogP contribution in [0.4, 0.5) is 4.39 Å². The van der Waals surface area contributed by atoms with Crippen LogP contribution in [0, 0.1) is 34.6 Å². The average molecular weight is 1810 g/mol. The topological polar surface area (TPSA) is 337 Å². The van der Waals surface area contributed by atoms with Gasteiger partial charge in [0.25, 0.3) is 0 Å². The fourth-order valence-corrected chi connectivity index (χ4v) is 16.5. The molecule has 0 saturated heterocycles. The van der Waals surface area contributed by atoms with Crippen LogP contribution < -0.4 is 4.74 Å². The van der Waals surface area contributed by atoms with E-state index in [4.69, 9.17) is 4.74 Å². The third kappa shape index (κ3) is 24.4. The summed E-state index contributed by atoms with van der Waals surface area (Å²) in [5.41, 5.74) is 26.8. The number of rotatable bonds is 27. The summed E-state index contributed by atoms with van der Waals surface area (Å²) in [6, 6.07) is 67.5. The number of halogens is 1. The molecule has 0 aliphatic rings. The molecular formula is C109H109FN12O13. The van der Waals surface area contributed by atoms with Crippen molar-refractivity contribution in [2.45, 2.75) is 164 Å². The minimum absolute atomic E-state index is 0.140. The van der Waals surface area contributed by atoms with E-state index in [0.29, 0.717) is 113 Å². The van der Waals surface area contributed by atoms with E-state index in [9.17, 15) is 63.8 Å². The van der Waals surface area contributed by atoms with Crippen molar-refractivity contribution in [1.82, 2.24) is 56.3 Å². The minimum atomic E-state index is -1.35. The molecule has 6 N–H and O–H groups in total. The molecule has 690 valence electrons. The first-order valence-electron chi connectivity index (χ1n) is 44.7. The Labute approximate surface area is 780 Å². The molecule has 18 aromatic rings. The van der Waals surface area contributed by atoms with Gasteiger partial charge in [-0.2, -0.15) is 0 Å². The Morgan fingerprint density at radius 2 is 0.578 bits per heavy atom. The van der Waals surface area contributed by atoms with Crippen molar-refractivity contribution in [2.24, 2.45) is 0 Å². The second-order valence-corrected chi connectivity index (χ2v) is 34.2. The molecule has 135 heavy (non-hydrogen) atoms. The predicted molar refractivity (Wildman–Crippen MR) is 519 cm³/mol. The molecule has 25 nitrogen and oxygen atoms in total. The minimum Gasteiger partial charge on any atom is -0.477 e. The number of carbonyl (C=O) groups is 6. The maximum Gasteiger partial charge on any atom is 0.353 e. The van der Waals surface area contributed by atoms with Gasteiger partial charge in [-0.25, -0.2) is 63.1 Å². The Hall–Kier alpha value is -16.0. The zero-order chi connectivity index (χ0) is 96.1. The Balaban J connectivity index is 0.000000137. The number of ether oxygens (including phenoxy) is 1. The predicted octanol–water partition coefficient (Wildman–Crippen LogP) is 21.0. The van der Waals surface area contributed by atoms with Crippen molar-refractivity contribution in [3.8, 4) is 5.75 Å². The van der Waals surface area contributed by atoms with Crippen LogP contribution in [0.3, 0.4) is 0 Å². The molecular weight excluding hydrogens is 1700 g/mol. The van der Waals surface area contributed by atoms with Crippen LogP contribution in [-0.4, -0.2) is 129 Å². The number of carboxylic acid groups (broad SMARTS) is 6. The summed E-state index contributed by atoms with van der Waals surface area (Å²) in [6.07, 6.45) is 28.3. The molecule has 0 amide bonds. The molecule has 6 aromatic carbocycles. The fourth-order valence-electron chi connectivity index (χ4n) is 16.5. The van der Waals surface area contributed by atoms with Crippen LogP contribution in [0.2, 0.25) is 0 Å². The highest BCUT2D eigenvalue weighted by molar-refractivity contribution is 5.92. The lowest BCUT2D eigenvalue weighted by Crippen LogP contribution is -2.11. The second kappa shape index (κ2) is 44.3. The number of benzene rings is 6. The van der Waals surface area contributed by atoms with Crippen molar-refractivity contribution in [2.75, 3.05) is 0 Å². The molecule has 1 unspecified atom stereocenters. The summed E-state index contributed by atoms with van der Waals surface area (Å²) in [5.74, 6) is -5.10. The fraction of sp³-hybridized carbons (Fsp3) is 0.229. The van der Waals surface area contributed by atoms with E-state index in [-0.39, 0.29) is 11.1 Å². The van der Waals surface area contributed by atoms with E-state index < -0.39 is 42.2 Å². The zero-order valence-electron chi connectivity index (χ0n) is 77.1. The van der Waals surface area contributed by atoms with Gasteiger partial charge >= 0.3 is 35.8 Å². The molecule has 18 rings (SSSR count). The molecule has 12 heterocycles. The number of hydrogen-bond acceptors (Lipinski definition) is 13. The Kier molecular flexibility index (Phi) is 31.7. The van der Waals surface area contributed by atoms with Crippen LogP contribution in [0.1, 0.15) is 203 Å². The lowest BCUT2D eigenvalue weighted by atomic mass is 9.86. The monoisotopic (exact) mass is 1810 g/mol. The molecule has 12 aromatic heterocycles. The number of alkyl halides is 1. The largest absolute Gasteiger partial charge is 0.477 e. The van der Waals surface area contributed by atoms with Crippen molar-refractivity contribution in [3.05, 3.63) is 420 Å². The van der Waals surface area contributed by atoms with Gasteiger partial charge in [-0.05, 0) is 267 Å². The summed E-state index contributed by atoms with van der Waals surface area (Å²) >= 11 is 0. The van der Waals surface area contributed by atoms with Crippen LogP contribution in [0.15, 0.2) is 281 Å². The summed E-state index contributed by atoms with van der Waals surface area (Å²) in [4.78, 5) is 94.4. The number of aryl methyl sites for hydroxylation is 17. The maximum atomic E-state index is 12.8. The summed E-state index contributed by atoms with van der Waals surface area (Å²) in [7, 11) is 0. The number of aromatic nitrogens is 12. The highest BCUT2D eigenvalue weighted by Gasteiger charge is 2.23. The molecule has 0 aliphatic carbocycles. The van der Waals surface area contributed by atoms with Crippen molar-refractivity contribution >= 4 is 69.7 Å². The average Bonchev–Trinajstić information content (AvgIpc) is 1.72. The maximum absolute atomic E-state index is 12.8. The Bertz CT molecular complexity index is 7150. The quantitative estimate of drug-likeness (QED) is 0.0278. The summed E-state index contributed by atoms with van der Waals surface area (Å²) in [5, 5.41) is 57.1. The number of pyridine rings is 6. The van der Waals surface area contributed by atoms with E-state index >= 15 is 0 Å². The van der Waals surface area contributed by atoms with Gasteiger partial charge in [0.05, 0.1) is 0 Å². The first-order chi connectivity index (χ1) is 64.9. The summed E-state index contributed by atoms with van der Waals surface area (Å²) in [6.45, 7) is 20.5. The molecule has 0 radical (unpaired) electrons. The van der Waals surface area contributed by atoms with Gasteiger partial charge < -0.3 is 35.4 Å². The molecule has 26 heteroatoms. The molecule has 0 fully saturated rings. The Morgan fingerprint density at radius 1 is 0.311 bits per heavy atom. The number of carboxylic acids is 6. The van der Waals surface area contributed by atoms with Gasteiger partial charge in [-0.1, -0.05) is 197 Å². The first-order valence-corrected chi connectivity index (χ1v) is 44.7. The van der Waals surface area contributed by atoms with Crippen LogP contribution >= 0.6 is 0 Å². The van der Waals surface area contributed by atoms with E-state index in [1.807, 2.05) is 72.8 Å². The van der Waals surface area contributed by atoms with Crippen LogP contribution in [0.5, 0.6) is 5.75 Å². The lowest BCUT2D eigenvalue weighted by Gasteiger charge is -2.19. The van der Waals surface area contributed by atoms with Crippen molar-refractivity contribution < 1.29 is 68.5 Å². The van der Waals surface area contributed by atoms with Crippen LogP contribution in [-0.2, 0) is 88.9 Å². The molecule has 0 aliphatic heterocycles. The SMILES string of the molecule is CC(C)(C)c1ccc(CCc2ccc3nccn3c2C(=O)O)cc1.CC(F)Oc1ccc(CCc2ccc3nccn3c2C(=O)O)cc1.CCc1ccc(CCc2ccc3nccn3c2C(=O)O)cc1.Cc1ccc(C)c(CCc2ccc3nccn3c2C(=O)O)c1.Cc1ccc(CCc2ccc3nccn3c2C(=O)O)cc1.Cc1cccc(CCc2ccc3nccn3c2C(=O)O)c1C. The normalized spacial score (nSPS) is 11.3. The van der Waals surface area contributed by atoms with Crippen LogP contribution in [0.25, 0.3) is 33.9 Å². The molecule has 0 bridgehead atoms. The van der Waals surface area contributed by atoms with E-state index in [1.54, 1.807) is 125 Å². The second-order valence-electron chi connectivity index (χ2n) is 34.2. The van der Waals surface area contributed by atoms with Gasteiger partial charge in [-0.15, -0.1) is 0 Å². The number of hydrogen-bond donors (Lipinski definition) is 6. The number of fused-ring (bicyclic) bond motifs is 6. The zero-order valence-corrected chi connectivity index (χ0v) is 77.1. The van der Waals surface area contributed by atoms with Gasteiger partial charge in [0, 0.05) is 81.3 Å². The smallest absolute Gasteiger partial charge is 0.353 e. The van der Waals surface area contributed by atoms with Crippen molar-refractivity contribution in [1.29, 1.82) is 0 Å². The standard InChI is InChI=1S/C20H22N2O2.C18H17FN2O3.3C18H18N2O2.C17H16N2O2/c1-20(2,3)16-9-5-14(6-10-16)4-7-15-8-11-17-21-12-13-22(17)18(15)19(23)24;1-12(19)24-15-7-3-13(4-8-15)2-5-14-6-9-16-20-10-11-21(16)17(14)18(22)23;1-12-3-4-13(2)15(11-12)6-5-14-7-8-16-19-9-10-20(16)17(14)18(21)22;1-12-4-3-5-14(13(12)2)6-7-15-8-9-16-19-10-11-20(16)17(15)18(21)22;1-2-13-3-5-14(6-4-13)7-8-15-9-10-16-19-11-12-20(16)17(15)18(21)22;1-12-2-4-13(5-3-12)6-7-14-8-9-15-18-10-11-19(15)16(14)17(20)21/h5-6,8-13H,4,7H2,1-3H3,(H,23,24);3-4,6-12H,2,5H2,1H3,(H,22,23);3-4,7-11H,5-6H2,1-2H3,(H,21,22);3-5,8-11H,6-7H2,1-2H3,(H,21,22);3-6,9-12H,2,7-8H2,1H3,(H,21,22);2-5,8-11H,6-7H2,1H3,(H,20,21). The van der Waals surface area contributed by atoms with Gasteiger partial charge in [0.1, 0.15) is 73.8 Å². The van der Waals surface area contributed by atoms with Gasteiger partial charge in [0.15, 0.2) is 0 Å². The lowest BCUT2D eigenvalue weighted by molar-refractivity contribution is 0.0676. The van der Waals surface area contributed by atoms with E-state index in [1.165, 1.54) is 73.7 Å². The Morgan fingerprint density at radius 3 is 0.874 bits per heavy atom. The number of imidazole rings is 6. The van der Waals surface area contributed by atoms with E-state index in [0.717, 1.165) is 77.5 Å². The van der Waals surface area contributed by atoms with Gasteiger partial charge in [-0.3, -0.25) is 26.4 Å². The molecule has 1 atom stereocenters. The first kappa shape index (κ1) is 96.6. The van der Waals surface area contributed by atoms with Gasteiger partial charge in [0.2, 0.25) is 6.36 Å².